The van der Waals surface area contributed by atoms with Gasteiger partial charge in [0.15, 0.2) is 5.13 Å². The number of benzene rings is 2. The van der Waals surface area contributed by atoms with Crippen LogP contribution in [0.3, 0.4) is 0 Å². The second-order valence-corrected chi connectivity index (χ2v) is 8.41. The number of likely N-dealkylation sites (N-methyl/N-ethyl adjacent to an activating group) is 1. The normalized spacial score (nSPS) is 10.8. The van der Waals surface area contributed by atoms with Crippen LogP contribution >= 0.6 is 27.3 Å². The standard InChI is InChI=1S/C21H21BrN4O2S/c1-14-10-16(22)8-9-17(14)23-19(27)11-26(2)12-20(28)25-21-24-18(13-29-21)15-6-4-3-5-7-15/h3-10,13H,11-12H2,1-2H3,(H,23,27)(H,24,25,28). The highest BCUT2D eigenvalue weighted by atomic mass is 79.9. The Bertz CT molecular complexity index is 1010. The Balaban J connectivity index is 1.49. The maximum absolute atomic E-state index is 12.3. The average molecular weight is 473 g/mol. The molecule has 2 amide bonds. The number of aromatic nitrogens is 1. The van der Waals surface area contributed by atoms with Crippen molar-refractivity contribution in [2.24, 2.45) is 0 Å². The summed E-state index contributed by atoms with van der Waals surface area (Å²) in [6.45, 7) is 2.12. The molecule has 0 saturated heterocycles. The topological polar surface area (TPSA) is 74.3 Å². The van der Waals surface area contributed by atoms with Gasteiger partial charge in [0.2, 0.25) is 11.8 Å². The molecule has 0 fully saturated rings. The molecule has 0 unspecified atom stereocenters. The molecule has 6 nitrogen and oxygen atoms in total. The largest absolute Gasteiger partial charge is 0.325 e. The predicted octanol–water partition coefficient (Wildman–Crippen LogP) is 4.39. The third-order valence-corrected chi connectivity index (χ3v) is 5.36. The van der Waals surface area contributed by atoms with Crippen LogP contribution in [0.4, 0.5) is 10.8 Å². The summed E-state index contributed by atoms with van der Waals surface area (Å²) in [5.74, 6) is -0.389. The number of rotatable bonds is 7. The lowest BCUT2D eigenvalue weighted by Crippen LogP contribution is -2.36. The van der Waals surface area contributed by atoms with Crippen LogP contribution in [0.15, 0.2) is 58.4 Å². The molecule has 0 saturated carbocycles. The number of anilines is 2. The Kier molecular flexibility index (Phi) is 7.13. The average Bonchev–Trinajstić information content (AvgIpc) is 3.13. The molecule has 0 aliphatic carbocycles. The van der Waals surface area contributed by atoms with Crippen molar-refractivity contribution in [2.75, 3.05) is 30.8 Å². The number of thiazole rings is 1. The van der Waals surface area contributed by atoms with Crippen LogP contribution in [0.2, 0.25) is 0 Å². The summed E-state index contributed by atoms with van der Waals surface area (Å²) in [4.78, 5) is 30.6. The van der Waals surface area contributed by atoms with Crippen molar-refractivity contribution >= 4 is 49.9 Å². The summed E-state index contributed by atoms with van der Waals surface area (Å²) in [6, 6.07) is 15.4. The number of hydrogen-bond acceptors (Lipinski definition) is 5. The number of carbonyl (C=O) groups is 2. The highest BCUT2D eigenvalue weighted by Crippen LogP contribution is 2.24. The van der Waals surface area contributed by atoms with Gasteiger partial charge in [-0.25, -0.2) is 4.98 Å². The molecule has 0 atom stereocenters. The fourth-order valence-electron chi connectivity index (χ4n) is 2.73. The summed E-state index contributed by atoms with van der Waals surface area (Å²) in [5, 5.41) is 8.10. The first-order valence-corrected chi connectivity index (χ1v) is 10.6. The fourth-order valence-corrected chi connectivity index (χ4v) is 3.95. The van der Waals surface area contributed by atoms with Crippen molar-refractivity contribution in [3.05, 3.63) is 63.9 Å². The molecule has 29 heavy (non-hydrogen) atoms. The minimum Gasteiger partial charge on any atom is -0.325 e. The summed E-state index contributed by atoms with van der Waals surface area (Å²) >= 11 is 4.78. The van der Waals surface area contributed by atoms with Crippen molar-refractivity contribution in [2.45, 2.75) is 6.92 Å². The Morgan fingerprint density at radius 3 is 2.45 bits per heavy atom. The van der Waals surface area contributed by atoms with Crippen LogP contribution in [-0.2, 0) is 9.59 Å². The van der Waals surface area contributed by atoms with Gasteiger partial charge >= 0.3 is 0 Å². The van der Waals surface area contributed by atoms with E-state index in [-0.39, 0.29) is 24.9 Å². The van der Waals surface area contributed by atoms with Crippen molar-refractivity contribution in [3.8, 4) is 11.3 Å². The summed E-state index contributed by atoms with van der Waals surface area (Å²) in [5.41, 5.74) is 3.54. The predicted molar refractivity (Wildman–Crippen MR) is 121 cm³/mol. The first-order valence-electron chi connectivity index (χ1n) is 8.96. The maximum Gasteiger partial charge on any atom is 0.240 e. The molecule has 2 N–H and O–H groups in total. The molecule has 0 radical (unpaired) electrons. The van der Waals surface area contributed by atoms with Gasteiger partial charge in [-0.1, -0.05) is 46.3 Å². The Morgan fingerprint density at radius 2 is 1.76 bits per heavy atom. The van der Waals surface area contributed by atoms with Gasteiger partial charge in [-0.05, 0) is 37.7 Å². The van der Waals surface area contributed by atoms with Gasteiger partial charge in [0.1, 0.15) is 0 Å². The van der Waals surface area contributed by atoms with Crippen LogP contribution in [-0.4, -0.2) is 41.8 Å². The van der Waals surface area contributed by atoms with Crippen LogP contribution in [0.1, 0.15) is 5.56 Å². The van der Waals surface area contributed by atoms with E-state index in [0.29, 0.717) is 5.13 Å². The van der Waals surface area contributed by atoms with Gasteiger partial charge in [0.05, 0.1) is 18.8 Å². The van der Waals surface area contributed by atoms with Crippen LogP contribution in [0.5, 0.6) is 0 Å². The molecular formula is C21H21BrN4O2S. The third-order valence-electron chi connectivity index (χ3n) is 4.11. The first-order chi connectivity index (χ1) is 13.9. The Hall–Kier alpha value is -2.55. The first kappa shape index (κ1) is 21.2. The van der Waals surface area contributed by atoms with Gasteiger partial charge < -0.3 is 10.6 Å². The van der Waals surface area contributed by atoms with E-state index in [2.05, 4.69) is 31.5 Å². The Morgan fingerprint density at radius 1 is 1.07 bits per heavy atom. The van der Waals surface area contributed by atoms with E-state index in [0.717, 1.165) is 27.0 Å². The minimum atomic E-state index is -0.214. The molecule has 0 bridgehead atoms. The summed E-state index contributed by atoms with van der Waals surface area (Å²) < 4.78 is 0.958. The number of halogens is 1. The van der Waals surface area contributed by atoms with E-state index in [4.69, 9.17) is 0 Å². The van der Waals surface area contributed by atoms with Crippen molar-refractivity contribution < 1.29 is 9.59 Å². The summed E-state index contributed by atoms with van der Waals surface area (Å²) in [7, 11) is 1.73. The molecule has 8 heteroatoms. The second-order valence-electron chi connectivity index (χ2n) is 6.63. The molecule has 3 rings (SSSR count). The molecule has 3 aromatic rings. The van der Waals surface area contributed by atoms with Crippen LogP contribution < -0.4 is 10.6 Å². The number of amides is 2. The van der Waals surface area contributed by atoms with Gasteiger partial charge in [-0.2, -0.15) is 0 Å². The SMILES string of the molecule is Cc1cc(Br)ccc1NC(=O)CN(C)CC(=O)Nc1nc(-c2ccccc2)cs1. The molecule has 0 aliphatic heterocycles. The fraction of sp³-hybridized carbons (Fsp3) is 0.190. The van der Waals surface area contributed by atoms with E-state index in [1.807, 2.05) is 60.8 Å². The highest BCUT2D eigenvalue weighted by Gasteiger charge is 2.13. The molecular weight excluding hydrogens is 452 g/mol. The second kappa shape index (κ2) is 9.78. The molecule has 150 valence electrons. The zero-order chi connectivity index (χ0) is 20.8. The zero-order valence-corrected chi connectivity index (χ0v) is 18.5. The number of nitrogens with one attached hydrogen (secondary N) is 2. The van der Waals surface area contributed by atoms with Crippen molar-refractivity contribution in [3.63, 3.8) is 0 Å². The van der Waals surface area contributed by atoms with E-state index < -0.39 is 0 Å². The number of hydrogen-bond donors (Lipinski definition) is 2. The van der Waals surface area contributed by atoms with Gasteiger partial charge in [0.25, 0.3) is 0 Å². The molecule has 1 aromatic heterocycles. The maximum atomic E-state index is 12.3. The molecule has 0 spiro atoms. The lowest BCUT2D eigenvalue weighted by atomic mass is 10.2. The monoisotopic (exact) mass is 472 g/mol. The lowest BCUT2D eigenvalue weighted by Gasteiger charge is -2.16. The van der Waals surface area contributed by atoms with Gasteiger partial charge in [0, 0.05) is 21.1 Å². The van der Waals surface area contributed by atoms with Gasteiger partial charge in [-0.3, -0.25) is 14.5 Å². The quantitative estimate of drug-likeness (QED) is 0.534. The summed E-state index contributed by atoms with van der Waals surface area (Å²) in [6.07, 6.45) is 0. The number of carbonyl (C=O) groups excluding carboxylic acids is 2. The lowest BCUT2D eigenvalue weighted by molar-refractivity contribution is -0.119. The zero-order valence-electron chi connectivity index (χ0n) is 16.1. The molecule has 2 aromatic carbocycles. The van der Waals surface area contributed by atoms with Crippen molar-refractivity contribution in [1.82, 2.24) is 9.88 Å². The van der Waals surface area contributed by atoms with Crippen molar-refractivity contribution in [1.29, 1.82) is 0 Å². The minimum absolute atomic E-state index is 0.0903. The van der Waals surface area contributed by atoms with E-state index in [1.54, 1.807) is 11.9 Å². The molecule has 0 aliphatic rings. The molecule has 1 heterocycles. The number of nitrogens with zero attached hydrogens (tertiary/aromatic N) is 2. The van der Waals surface area contributed by atoms with E-state index in [1.165, 1.54) is 11.3 Å². The third kappa shape index (κ3) is 6.22. The van der Waals surface area contributed by atoms with E-state index in [9.17, 15) is 9.59 Å². The van der Waals surface area contributed by atoms with Gasteiger partial charge in [-0.15, -0.1) is 11.3 Å². The van der Waals surface area contributed by atoms with E-state index >= 15 is 0 Å². The van der Waals surface area contributed by atoms with Crippen LogP contribution in [0, 0.1) is 6.92 Å². The Labute approximate surface area is 182 Å². The highest BCUT2D eigenvalue weighted by molar-refractivity contribution is 9.10. The van der Waals surface area contributed by atoms with Crippen LogP contribution in [0.25, 0.3) is 11.3 Å². The smallest absolute Gasteiger partial charge is 0.240 e. The number of aryl methyl sites for hydroxylation is 1.